The van der Waals surface area contributed by atoms with Crippen LogP contribution in [0.4, 0.5) is 0 Å². The van der Waals surface area contributed by atoms with Gasteiger partial charge in [0.05, 0.1) is 0 Å². The molecule has 1 aliphatic heterocycles. The first-order valence-corrected chi connectivity index (χ1v) is 4.09. The number of amides is 1. The van der Waals surface area contributed by atoms with Crippen LogP contribution in [0.25, 0.3) is 0 Å². The molecule has 0 aromatic rings. The lowest BCUT2D eigenvalue weighted by atomic mass is 10.1. The minimum Gasteiger partial charge on any atom is -0.339 e. The SMILES string of the molecule is [CH2]C=CC(=O)N1CCCCC1. The number of hydrogen-bond donors (Lipinski definition) is 0. The molecule has 2 heteroatoms. The molecule has 61 valence electrons. The number of carbonyl (C=O) groups is 1. The molecule has 0 unspecified atom stereocenters. The van der Waals surface area contributed by atoms with Crippen LogP contribution in [0.2, 0.25) is 0 Å². The molecular weight excluding hydrogens is 138 g/mol. The second-order valence-electron chi connectivity index (χ2n) is 2.79. The maximum atomic E-state index is 11.2. The maximum Gasteiger partial charge on any atom is 0.246 e. The summed E-state index contributed by atoms with van der Waals surface area (Å²) in [6.07, 6.45) is 6.65. The Kier molecular flexibility index (Phi) is 3.14. The summed E-state index contributed by atoms with van der Waals surface area (Å²) in [6.45, 7) is 5.33. The molecule has 1 aliphatic rings. The number of allylic oxidation sites excluding steroid dienone is 1. The lowest BCUT2D eigenvalue weighted by Gasteiger charge is -2.25. The van der Waals surface area contributed by atoms with Crippen LogP contribution in [0.1, 0.15) is 19.3 Å². The van der Waals surface area contributed by atoms with E-state index in [1.807, 2.05) is 4.90 Å². The number of nitrogens with zero attached hydrogens (tertiary/aromatic N) is 1. The summed E-state index contributed by atoms with van der Waals surface area (Å²) in [5.74, 6) is 0.111. The first-order chi connectivity index (χ1) is 5.34. The van der Waals surface area contributed by atoms with Crippen molar-refractivity contribution < 1.29 is 4.79 Å². The summed E-state index contributed by atoms with van der Waals surface area (Å²) in [4.78, 5) is 13.1. The van der Waals surface area contributed by atoms with E-state index in [1.165, 1.54) is 12.5 Å². The fraction of sp³-hybridized carbons (Fsp3) is 0.556. The zero-order valence-corrected chi connectivity index (χ0v) is 6.75. The average Bonchev–Trinajstić information content (AvgIpc) is 2.07. The van der Waals surface area contributed by atoms with E-state index in [4.69, 9.17) is 0 Å². The van der Waals surface area contributed by atoms with Crippen LogP contribution in [0.3, 0.4) is 0 Å². The van der Waals surface area contributed by atoms with Crippen molar-refractivity contribution >= 4 is 5.91 Å². The highest BCUT2D eigenvalue weighted by molar-refractivity contribution is 5.87. The van der Waals surface area contributed by atoms with E-state index in [0.29, 0.717) is 0 Å². The fourth-order valence-corrected chi connectivity index (χ4v) is 1.32. The number of likely N-dealkylation sites (tertiary alicyclic amines) is 1. The van der Waals surface area contributed by atoms with Crippen molar-refractivity contribution in [3.05, 3.63) is 19.1 Å². The highest BCUT2D eigenvalue weighted by Gasteiger charge is 2.12. The molecule has 0 N–H and O–H groups in total. The Morgan fingerprint density at radius 3 is 2.45 bits per heavy atom. The van der Waals surface area contributed by atoms with Crippen molar-refractivity contribution in [2.24, 2.45) is 0 Å². The van der Waals surface area contributed by atoms with Crippen molar-refractivity contribution in [1.29, 1.82) is 0 Å². The second kappa shape index (κ2) is 4.16. The Morgan fingerprint density at radius 1 is 1.27 bits per heavy atom. The standard InChI is InChI=1S/C9H14NO/c1-2-6-9(11)10-7-4-3-5-8-10/h2,6H,1,3-5,7-8H2. The third-order valence-electron chi connectivity index (χ3n) is 1.93. The molecule has 0 atom stereocenters. The molecule has 0 bridgehead atoms. The van der Waals surface area contributed by atoms with Gasteiger partial charge in [-0.3, -0.25) is 4.79 Å². The van der Waals surface area contributed by atoms with E-state index in [-0.39, 0.29) is 5.91 Å². The Labute approximate surface area is 67.9 Å². The predicted molar refractivity (Wildman–Crippen MR) is 44.9 cm³/mol. The van der Waals surface area contributed by atoms with Crippen LogP contribution in [0.5, 0.6) is 0 Å². The average molecular weight is 152 g/mol. The van der Waals surface area contributed by atoms with Gasteiger partial charge in [0.25, 0.3) is 0 Å². The summed E-state index contributed by atoms with van der Waals surface area (Å²) in [5.41, 5.74) is 0. The van der Waals surface area contributed by atoms with Crippen LogP contribution in [-0.2, 0) is 4.79 Å². The minimum atomic E-state index is 0.111. The van der Waals surface area contributed by atoms with Crippen molar-refractivity contribution in [2.75, 3.05) is 13.1 Å². The van der Waals surface area contributed by atoms with Gasteiger partial charge in [-0.25, -0.2) is 0 Å². The summed E-state index contributed by atoms with van der Waals surface area (Å²) in [6, 6.07) is 0. The van der Waals surface area contributed by atoms with Crippen molar-refractivity contribution in [3.8, 4) is 0 Å². The largest absolute Gasteiger partial charge is 0.339 e. The van der Waals surface area contributed by atoms with Gasteiger partial charge in [-0.1, -0.05) is 6.08 Å². The lowest BCUT2D eigenvalue weighted by Crippen LogP contribution is -2.34. The van der Waals surface area contributed by atoms with Crippen molar-refractivity contribution in [2.45, 2.75) is 19.3 Å². The summed E-state index contributed by atoms with van der Waals surface area (Å²) >= 11 is 0. The lowest BCUT2D eigenvalue weighted by molar-refractivity contribution is -0.126. The summed E-state index contributed by atoms with van der Waals surface area (Å²) in [7, 11) is 0. The Balaban J connectivity index is 2.38. The topological polar surface area (TPSA) is 20.3 Å². The van der Waals surface area contributed by atoms with Crippen molar-refractivity contribution in [3.63, 3.8) is 0 Å². The molecule has 0 saturated carbocycles. The molecule has 0 aliphatic carbocycles. The summed E-state index contributed by atoms with van der Waals surface area (Å²) < 4.78 is 0. The third kappa shape index (κ3) is 2.37. The van der Waals surface area contributed by atoms with Gasteiger partial charge in [-0.05, 0) is 32.3 Å². The molecule has 1 saturated heterocycles. The number of carbonyl (C=O) groups excluding carboxylic acids is 1. The van der Waals surface area contributed by atoms with Crippen LogP contribution >= 0.6 is 0 Å². The van der Waals surface area contributed by atoms with Crippen LogP contribution in [0.15, 0.2) is 12.2 Å². The van der Waals surface area contributed by atoms with Crippen molar-refractivity contribution in [1.82, 2.24) is 4.90 Å². The number of rotatable bonds is 1. The fourth-order valence-electron chi connectivity index (χ4n) is 1.32. The molecule has 1 radical (unpaired) electrons. The Hall–Kier alpha value is -0.790. The van der Waals surface area contributed by atoms with E-state index < -0.39 is 0 Å². The highest BCUT2D eigenvalue weighted by atomic mass is 16.2. The molecule has 1 heterocycles. The molecule has 1 rings (SSSR count). The number of piperidine rings is 1. The van der Waals surface area contributed by atoms with Gasteiger partial charge < -0.3 is 4.90 Å². The molecular formula is C9H14NO. The molecule has 0 aromatic carbocycles. The van der Waals surface area contributed by atoms with Gasteiger partial charge in [0.1, 0.15) is 0 Å². The Bertz CT molecular complexity index is 157. The maximum absolute atomic E-state index is 11.2. The van der Waals surface area contributed by atoms with E-state index in [9.17, 15) is 4.79 Å². The third-order valence-corrected chi connectivity index (χ3v) is 1.93. The quantitative estimate of drug-likeness (QED) is 0.520. The highest BCUT2D eigenvalue weighted by Crippen LogP contribution is 2.08. The molecule has 11 heavy (non-hydrogen) atoms. The first kappa shape index (κ1) is 8.31. The van der Waals surface area contributed by atoms with Crippen LogP contribution in [-0.4, -0.2) is 23.9 Å². The smallest absolute Gasteiger partial charge is 0.246 e. The van der Waals surface area contributed by atoms with E-state index in [0.717, 1.165) is 25.9 Å². The first-order valence-electron chi connectivity index (χ1n) is 4.09. The zero-order valence-electron chi connectivity index (χ0n) is 6.75. The van der Waals surface area contributed by atoms with Gasteiger partial charge in [-0.2, -0.15) is 0 Å². The molecule has 0 spiro atoms. The van der Waals surface area contributed by atoms with E-state index in [1.54, 1.807) is 6.08 Å². The predicted octanol–water partition coefficient (Wildman–Crippen LogP) is 1.39. The molecule has 2 nitrogen and oxygen atoms in total. The minimum absolute atomic E-state index is 0.111. The van der Waals surface area contributed by atoms with Gasteiger partial charge in [0.15, 0.2) is 0 Å². The van der Waals surface area contributed by atoms with Crippen LogP contribution < -0.4 is 0 Å². The monoisotopic (exact) mass is 152 g/mol. The van der Waals surface area contributed by atoms with E-state index in [2.05, 4.69) is 6.92 Å². The van der Waals surface area contributed by atoms with E-state index >= 15 is 0 Å². The van der Waals surface area contributed by atoms with Gasteiger partial charge in [-0.15, -0.1) is 0 Å². The zero-order chi connectivity index (χ0) is 8.10. The molecule has 1 fully saturated rings. The van der Waals surface area contributed by atoms with Gasteiger partial charge in [0.2, 0.25) is 5.91 Å². The summed E-state index contributed by atoms with van der Waals surface area (Å²) in [5, 5.41) is 0. The van der Waals surface area contributed by atoms with Gasteiger partial charge >= 0.3 is 0 Å². The van der Waals surface area contributed by atoms with Gasteiger partial charge in [0, 0.05) is 13.1 Å². The molecule has 1 amide bonds. The Morgan fingerprint density at radius 2 is 1.91 bits per heavy atom. The number of hydrogen-bond acceptors (Lipinski definition) is 1. The second-order valence-corrected chi connectivity index (χ2v) is 2.79. The van der Waals surface area contributed by atoms with Crippen LogP contribution in [0, 0.1) is 6.92 Å². The molecule has 0 aromatic heterocycles. The normalized spacial score (nSPS) is 19.2.